The van der Waals surface area contributed by atoms with Gasteiger partial charge in [0.1, 0.15) is 0 Å². The number of hydrogen-bond donors (Lipinski definition) is 0. The second kappa shape index (κ2) is 3.77. The second-order valence-corrected chi connectivity index (χ2v) is 3.06. The van der Waals surface area contributed by atoms with E-state index in [0.29, 0.717) is 11.3 Å². The van der Waals surface area contributed by atoms with E-state index in [-0.39, 0.29) is 5.56 Å². The third-order valence-corrected chi connectivity index (χ3v) is 1.98. The van der Waals surface area contributed by atoms with E-state index in [1.165, 1.54) is 24.4 Å². The van der Waals surface area contributed by atoms with Crippen LogP contribution in [0.25, 0.3) is 11.3 Å². The lowest BCUT2D eigenvalue weighted by Gasteiger charge is -2.01. The molecule has 0 radical (unpaired) electrons. The molecule has 0 N–H and O–H groups in total. The van der Waals surface area contributed by atoms with Crippen molar-refractivity contribution in [3.63, 3.8) is 0 Å². The van der Waals surface area contributed by atoms with Gasteiger partial charge in [-0.15, -0.1) is 0 Å². The molecular weight excluding hydrogens is 196 g/mol. The summed E-state index contributed by atoms with van der Waals surface area (Å²) in [4.78, 5) is 3.94. The average molecular weight is 208 g/mol. The van der Waals surface area contributed by atoms with Gasteiger partial charge in [0.2, 0.25) is 0 Å². The van der Waals surface area contributed by atoms with Gasteiger partial charge in [-0.2, -0.15) is 0 Å². The van der Waals surface area contributed by atoms with Crippen molar-refractivity contribution in [3.05, 3.63) is 53.7 Å². The molecule has 0 saturated carbocycles. The maximum Gasteiger partial charge on any atom is 0.159 e. The first kappa shape index (κ1) is 6.67. The molecule has 76 valence electrons. The first-order valence-corrected chi connectivity index (χ1v) is 4.30. The summed E-state index contributed by atoms with van der Waals surface area (Å²) in [5.41, 5.74) is 0.890. The van der Waals surface area contributed by atoms with Gasteiger partial charge in [-0.3, -0.25) is 4.98 Å². The summed E-state index contributed by atoms with van der Waals surface area (Å²) in [5, 5.41) is 0. The molecule has 1 nitrogen and oxygen atoms in total. The van der Waals surface area contributed by atoms with Gasteiger partial charge in [0.25, 0.3) is 0 Å². The summed E-state index contributed by atoms with van der Waals surface area (Å²) in [7, 11) is 0. The van der Waals surface area contributed by atoms with E-state index >= 15 is 0 Å². The van der Waals surface area contributed by atoms with Crippen LogP contribution < -0.4 is 0 Å². The summed E-state index contributed by atoms with van der Waals surface area (Å²) in [5.74, 6) is -1.90. The number of pyridine rings is 1. The summed E-state index contributed by atoms with van der Waals surface area (Å²) in [6, 6.07) is 6.28. The summed E-state index contributed by atoms with van der Waals surface area (Å²) < 4.78 is 47.4. The fourth-order valence-corrected chi connectivity index (χ4v) is 1.22. The fraction of sp³-hybridized carbons (Fsp3) is 0.0833. The molecule has 0 bridgehead atoms. The predicted molar refractivity (Wildman–Crippen MR) is 54.3 cm³/mol. The zero-order valence-corrected chi connectivity index (χ0v) is 7.67. The maximum absolute atomic E-state index is 13.0. The minimum atomic E-state index is -2.22. The minimum absolute atomic E-state index is 0.105. The Balaban J connectivity index is 2.37. The Hall–Kier alpha value is -1.77. The molecule has 0 saturated heterocycles. The van der Waals surface area contributed by atoms with E-state index in [1.54, 1.807) is 0 Å². The van der Waals surface area contributed by atoms with Crippen LogP contribution in [0.2, 0.25) is 0 Å². The lowest BCUT2D eigenvalue weighted by molar-refractivity contribution is 0.509. The van der Waals surface area contributed by atoms with Crippen LogP contribution in [-0.4, -0.2) is 4.98 Å². The first-order chi connectivity index (χ1) is 8.38. The molecular formula is C12H9F2N. The third-order valence-electron chi connectivity index (χ3n) is 1.98. The summed E-state index contributed by atoms with van der Waals surface area (Å²) in [6.45, 7) is -2.22. The van der Waals surface area contributed by atoms with Gasteiger partial charge in [-0.1, -0.05) is 6.07 Å². The number of nitrogens with zero attached hydrogens (tertiary/aromatic N) is 1. The molecule has 0 amide bonds. The first-order valence-electron chi connectivity index (χ1n) is 5.80. The molecule has 0 aliphatic carbocycles. The monoisotopic (exact) mass is 208 g/mol. The van der Waals surface area contributed by atoms with Crippen molar-refractivity contribution in [1.29, 1.82) is 0 Å². The molecule has 1 heterocycles. The van der Waals surface area contributed by atoms with Crippen LogP contribution in [0.1, 0.15) is 9.68 Å². The second-order valence-electron chi connectivity index (χ2n) is 3.06. The van der Waals surface area contributed by atoms with Crippen molar-refractivity contribution in [3.8, 4) is 11.3 Å². The third kappa shape index (κ3) is 2.01. The highest BCUT2D eigenvalue weighted by Crippen LogP contribution is 2.19. The molecule has 0 fully saturated rings. The van der Waals surface area contributed by atoms with E-state index < -0.39 is 18.5 Å². The zero-order valence-electron chi connectivity index (χ0n) is 10.7. The Bertz CT molecular complexity index is 565. The Morgan fingerprint density at radius 3 is 2.60 bits per heavy atom. The SMILES string of the molecule is [2H]C([2H])([2H])c1ccc(-c2ccc(F)c(F)c2)nc1. The molecule has 0 aliphatic rings. The molecule has 0 spiro atoms. The van der Waals surface area contributed by atoms with Crippen LogP contribution >= 0.6 is 0 Å². The Labute approximate surface area is 90.6 Å². The molecule has 0 aliphatic heterocycles. The topological polar surface area (TPSA) is 12.9 Å². The van der Waals surface area contributed by atoms with Crippen LogP contribution in [0, 0.1) is 18.5 Å². The molecule has 0 atom stereocenters. The van der Waals surface area contributed by atoms with Crippen molar-refractivity contribution in [1.82, 2.24) is 4.98 Å². The van der Waals surface area contributed by atoms with Crippen LogP contribution in [0.15, 0.2) is 36.5 Å². The average Bonchev–Trinajstić information content (AvgIpc) is 2.32. The van der Waals surface area contributed by atoms with Gasteiger partial charge in [-0.25, -0.2) is 8.78 Å². The molecule has 1 aromatic heterocycles. The van der Waals surface area contributed by atoms with Crippen LogP contribution in [-0.2, 0) is 0 Å². The number of halogens is 2. The number of rotatable bonds is 1. The standard InChI is InChI=1S/C12H9F2N/c1-8-2-5-12(15-7-8)9-3-4-10(13)11(14)6-9/h2-7H,1H3/i1D3. The van der Waals surface area contributed by atoms with Gasteiger partial charge in [0.05, 0.1) is 5.69 Å². The van der Waals surface area contributed by atoms with Crippen molar-refractivity contribution >= 4 is 0 Å². The molecule has 3 heteroatoms. The van der Waals surface area contributed by atoms with Crippen molar-refractivity contribution < 1.29 is 12.9 Å². The molecule has 2 rings (SSSR count). The van der Waals surface area contributed by atoms with Crippen LogP contribution in [0.3, 0.4) is 0 Å². The van der Waals surface area contributed by atoms with Crippen molar-refractivity contribution in [2.45, 2.75) is 6.85 Å². The number of hydrogen-bond acceptors (Lipinski definition) is 1. The van der Waals surface area contributed by atoms with Crippen LogP contribution in [0.4, 0.5) is 8.78 Å². The van der Waals surface area contributed by atoms with Crippen molar-refractivity contribution in [2.75, 3.05) is 0 Å². The predicted octanol–water partition coefficient (Wildman–Crippen LogP) is 3.34. The molecule has 0 unspecified atom stereocenters. The lowest BCUT2D eigenvalue weighted by Crippen LogP contribution is -1.88. The smallest absolute Gasteiger partial charge is 0.159 e. The van der Waals surface area contributed by atoms with Crippen molar-refractivity contribution in [2.24, 2.45) is 0 Å². The maximum atomic E-state index is 13.0. The molecule has 2 aromatic rings. The van der Waals surface area contributed by atoms with Gasteiger partial charge >= 0.3 is 0 Å². The van der Waals surface area contributed by atoms with E-state index in [1.807, 2.05) is 0 Å². The minimum Gasteiger partial charge on any atom is -0.256 e. The Morgan fingerprint density at radius 1 is 1.13 bits per heavy atom. The zero-order chi connectivity index (χ0) is 13.3. The normalized spacial score (nSPS) is 14.1. The largest absolute Gasteiger partial charge is 0.256 e. The van der Waals surface area contributed by atoms with E-state index in [9.17, 15) is 8.78 Å². The van der Waals surface area contributed by atoms with E-state index in [0.717, 1.165) is 12.1 Å². The number of aryl methyl sites for hydroxylation is 1. The molecule has 15 heavy (non-hydrogen) atoms. The summed E-state index contributed by atoms with van der Waals surface area (Å²) in [6.07, 6.45) is 1.21. The van der Waals surface area contributed by atoms with Gasteiger partial charge in [0, 0.05) is 15.9 Å². The van der Waals surface area contributed by atoms with Gasteiger partial charge in [0.15, 0.2) is 11.6 Å². The highest BCUT2D eigenvalue weighted by molar-refractivity contribution is 5.58. The Morgan fingerprint density at radius 2 is 2.00 bits per heavy atom. The number of benzene rings is 1. The fourth-order valence-electron chi connectivity index (χ4n) is 1.22. The lowest BCUT2D eigenvalue weighted by atomic mass is 10.1. The Kier molecular flexibility index (Phi) is 1.67. The van der Waals surface area contributed by atoms with E-state index in [4.69, 9.17) is 4.11 Å². The van der Waals surface area contributed by atoms with E-state index in [2.05, 4.69) is 4.98 Å². The highest BCUT2D eigenvalue weighted by atomic mass is 19.2. The highest BCUT2D eigenvalue weighted by Gasteiger charge is 2.04. The van der Waals surface area contributed by atoms with Gasteiger partial charge in [-0.05, 0) is 36.7 Å². The quantitative estimate of drug-likeness (QED) is 0.700. The van der Waals surface area contributed by atoms with Crippen LogP contribution in [0.5, 0.6) is 0 Å². The summed E-state index contributed by atoms with van der Waals surface area (Å²) >= 11 is 0. The number of aromatic nitrogens is 1. The molecule has 1 aromatic carbocycles. The van der Waals surface area contributed by atoms with Gasteiger partial charge < -0.3 is 0 Å².